The van der Waals surface area contributed by atoms with Crippen LogP contribution in [0.15, 0.2) is 34.3 Å². The van der Waals surface area contributed by atoms with Gasteiger partial charge in [-0.05, 0) is 25.3 Å². The van der Waals surface area contributed by atoms with Crippen LogP contribution in [-0.4, -0.2) is 34.8 Å². The fourth-order valence-electron chi connectivity index (χ4n) is 1.84. The van der Waals surface area contributed by atoms with Crippen molar-refractivity contribution in [1.29, 1.82) is 0 Å². The lowest BCUT2D eigenvalue weighted by Crippen LogP contribution is -1.99. The Labute approximate surface area is 121 Å². The van der Waals surface area contributed by atoms with Gasteiger partial charge in [-0.15, -0.1) is 11.8 Å². The van der Waals surface area contributed by atoms with Crippen molar-refractivity contribution in [2.45, 2.75) is 11.8 Å². The summed E-state index contributed by atoms with van der Waals surface area (Å²) in [6, 6.07) is 7.57. The maximum absolute atomic E-state index is 8.77. The molecular weight excluding hydrogens is 274 g/mol. The summed E-state index contributed by atoms with van der Waals surface area (Å²) in [7, 11) is 1.60. The summed E-state index contributed by atoms with van der Waals surface area (Å²) in [5.74, 6) is 0.681. The largest absolute Gasteiger partial charge is 0.495 e. The molecule has 0 radical (unpaired) electrons. The van der Waals surface area contributed by atoms with E-state index in [1.807, 2.05) is 37.4 Å². The van der Waals surface area contributed by atoms with Crippen LogP contribution in [0, 0.1) is 6.92 Å². The number of pyridine rings is 2. The number of methoxy groups -OCH3 is 1. The van der Waals surface area contributed by atoms with Crippen LogP contribution in [0.2, 0.25) is 0 Å². The zero-order chi connectivity index (χ0) is 14.5. The van der Waals surface area contributed by atoms with Gasteiger partial charge in [0.05, 0.1) is 29.6 Å². The molecule has 0 aliphatic heterocycles. The number of oxime groups is 1. The smallest absolute Gasteiger partial charge is 0.136 e. The lowest BCUT2D eigenvalue weighted by molar-refractivity contribution is 0.321. The van der Waals surface area contributed by atoms with Crippen LogP contribution in [0.25, 0.3) is 11.4 Å². The predicted molar refractivity (Wildman–Crippen MR) is 79.9 cm³/mol. The molecule has 0 atom stereocenters. The molecule has 0 unspecified atom stereocenters. The molecule has 5 nitrogen and oxygen atoms in total. The number of ether oxygens (including phenoxy) is 1. The summed E-state index contributed by atoms with van der Waals surface area (Å²) in [6.45, 7) is 1.92. The fraction of sp³-hybridized carbons (Fsp3) is 0.214. The summed E-state index contributed by atoms with van der Waals surface area (Å²) >= 11 is 1.48. The quantitative estimate of drug-likeness (QED) is 0.405. The highest BCUT2D eigenvalue weighted by Crippen LogP contribution is 2.32. The standard InChI is InChI=1S/C14H15N3O2S/c1-9-5-4-6-10(16-9)11-7-13(19-2)14(20-3)12(17-11)8-15-18/h4-8,18H,1-3H3/b15-8+. The first-order valence-corrected chi connectivity index (χ1v) is 7.16. The van der Waals surface area contributed by atoms with Crippen molar-refractivity contribution in [3.05, 3.63) is 35.7 Å². The molecule has 0 spiro atoms. The Kier molecular flexibility index (Phi) is 4.57. The third-order valence-electron chi connectivity index (χ3n) is 2.72. The Balaban J connectivity index is 2.63. The van der Waals surface area contributed by atoms with E-state index in [4.69, 9.17) is 9.94 Å². The minimum atomic E-state index is 0.553. The number of aryl methyl sites for hydroxylation is 1. The second-order valence-corrected chi connectivity index (χ2v) is 4.85. The molecule has 0 aliphatic carbocycles. The third-order valence-corrected chi connectivity index (χ3v) is 3.54. The molecule has 104 valence electrons. The van der Waals surface area contributed by atoms with E-state index in [1.165, 1.54) is 18.0 Å². The molecule has 1 N–H and O–H groups in total. The molecule has 20 heavy (non-hydrogen) atoms. The highest BCUT2D eigenvalue weighted by Gasteiger charge is 2.13. The number of rotatable bonds is 4. The summed E-state index contributed by atoms with van der Waals surface area (Å²) in [4.78, 5) is 9.75. The molecule has 0 fully saturated rings. The van der Waals surface area contributed by atoms with Gasteiger partial charge in [0, 0.05) is 11.8 Å². The van der Waals surface area contributed by atoms with Crippen LogP contribution in [0.5, 0.6) is 5.75 Å². The van der Waals surface area contributed by atoms with E-state index in [0.717, 1.165) is 16.3 Å². The van der Waals surface area contributed by atoms with Gasteiger partial charge in [0.15, 0.2) is 0 Å². The van der Waals surface area contributed by atoms with Crippen molar-refractivity contribution in [3.8, 4) is 17.1 Å². The average Bonchev–Trinajstić information content (AvgIpc) is 2.46. The van der Waals surface area contributed by atoms with Crippen molar-refractivity contribution >= 4 is 18.0 Å². The maximum atomic E-state index is 8.77. The highest BCUT2D eigenvalue weighted by atomic mass is 32.2. The SMILES string of the molecule is COc1cc(-c2cccc(C)n2)nc(/C=N/O)c1SC. The van der Waals surface area contributed by atoms with Crippen LogP contribution in [-0.2, 0) is 0 Å². The number of hydrogen-bond acceptors (Lipinski definition) is 6. The Morgan fingerprint density at radius 3 is 2.70 bits per heavy atom. The van der Waals surface area contributed by atoms with E-state index in [0.29, 0.717) is 17.1 Å². The normalized spacial score (nSPS) is 10.9. The monoisotopic (exact) mass is 289 g/mol. The number of aromatic nitrogens is 2. The molecule has 2 aromatic heterocycles. The average molecular weight is 289 g/mol. The fourth-order valence-corrected chi connectivity index (χ4v) is 2.50. The summed E-state index contributed by atoms with van der Waals surface area (Å²) < 4.78 is 5.38. The third kappa shape index (κ3) is 2.91. The lowest BCUT2D eigenvalue weighted by atomic mass is 10.2. The predicted octanol–water partition coefficient (Wildman–Crippen LogP) is 2.99. The number of nitrogens with zero attached hydrogens (tertiary/aromatic N) is 3. The van der Waals surface area contributed by atoms with E-state index in [1.54, 1.807) is 7.11 Å². The van der Waals surface area contributed by atoms with Gasteiger partial charge in [-0.2, -0.15) is 0 Å². The molecule has 0 aromatic carbocycles. The highest BCUT2D eigenvalue weighted by molar-refractivity contribution is 7.98. The Morgan fingerprint density at radius 2 is 2.10 bits per heavy atom. The molecule has 0 saturated carbocycles. The van der Waals surface area contributed by atoms with E-state index in [-0.39, 0.29) is 0 Å². The molecule has 2 rings (SSSR count). The summed E-state index contributed by atoms with van der Waals surface area (Å²) in [6.07, 6.45) is 3.21. The van der Waals surface area contributed by atoms with Gasteiger partial charge in [-0.3, -0.25) is 4.98 Å². The molecular formula is C14H15N3O2S. The first-order chi connectivity index (χ1) is 9.69. The van der Waals surface area contributed by atoms with Crippen molar-refractivity contribution in [2.75, 3.05) is 13.4 Å². The van der Waals surface area contributed by atoms with Gasteiger partial charge in [0.2, 0.25) is 0 Å². The van der Waals surface area contributed by atoms with E-state index < -0.39 is 0 Å². The Bertz CT molecular complexity index is 644. The molecule has 0 bridgehead atoms. The number of hydrogen-bond donors (Lipinski definition) is 1. The van der Waals surface area contributed by atoms with Crippen molar-refractivity contribution in [1.82, 2.24) is 9.97 Å². The van der Waals surface area contributed by atoms with Crippen LogP contribution < -0.4 is 4.74 Å². The first kappa shape index (κ1) is 14.3. The lowest BCUT2D eigenvalue weighted by Gasteiger charge is -2.11. The van der Waals surface area contributed by atoms with Gasteiger partial charge in [-0.25, -0.2) is 4.98 Å². The van der Waals surface area contributed by atoms with Gasteiger partial charge in [-0.1, -0.05) is 11.2 Å². The molecule has 0 amide bonds. The molecule has 2 aromatic rings. The Morgan fingerprint density at radius 1 is 1.30 bits per heavy atom. The van der Waals surface area contributed by atoms with E-state index in [9.17, 15) is 0 Å². The summed E-state index contributed by atoms with van der Waals surface area (Å²) in [5.41, 5.74) is 2.90. The second-order valence-electron chi connectivity index (χ2n) is 4.04. The zero-order valence-corrected chi connectivity index (χ0v) is 12.3. The minimum absolute atomic E-state index is 0.553. The first-order valence-electron chi connectivity index (χ1n) is 5.94. The second kappa shape index (κ2) is 6.38. The van der Waals surface area contributed by atoms with E-state index >= 15 is 0 Å². The van der Waals surface area contributed by atoms with Crippen LogP contribution in [0.4, 0.5) is 0 Å². The van der Waals surface area contributed by atoms with Crippen LogP contribution in [0.1, 0.15) is 11.4 Å². The van der Waals surface area contributed by atoms with E-state index in [2.05, 4.69) is 15.1 Å². The molecule has 0 saturated heterocycles. The van der Waals surface area contributed by atoms with Gasteiger partial charge in [0.25, 0.3) is 0 Å². The maximum Gasteiger partial charge on any atom is 0.136 e. The minimum Gasteiger partial charge on any atom is -0.495 e. The van der Waals surface area contributed by atoms with Crippen LogP contribution >= 0.6 is 11.8 Å². The summed E-state index contributed by atoms with van der Waals surface area (Å²) in [5, 5.41) is 11.8. The van der Waals surface area contributed by atoms with Gasteiger partial charge < -0.3 is 9.94 Å². The van der Waals surface area contributed by atoms with Gasteiger partial charge >= 0.3 is 0 Å². The Hall–Kier alpha value is -2.08. The molecule has 2 heterocycles. The molecule has 0 aliphatic rings. The topological polar surface area (TPSA) is 67.6 Å². The number of thioether (sulfide) groups is 1. The zero-order valence-electron chi connectivity index (χ0n) is 11.5. The van der Waals surface area contributed by atoms with Crippen LogP contribution in [0.3, 0.4) is 0 Å². The molecule has 6 heteroatoms. The van der Waals surface area contributed by atoms with Gasteiger partial charge in [0.1, 0.15) is 11.4 Å². The van der Waals surface area contributed by atoms with Crippen molar-refractivity contribution in [2.24, 2.45) is 5.16 Å². The van der Waals surface area contributed by atoms with Crippen molar-refractivity contribution in [3.63, 3.8) is 0 Å². The van der Waals surface area contributed by atoms with Crippen molar-refractivity contribution < 1.29 is 9.94 Å².